The Hall–Kier alpha value is -2.42. The summed E-state index contributed by atoms with van der Waals surface area (Å²) in [6.07, 6.45) is 4.65. The summed E-state index contributed by atoms with van der Waals surface area (Å²) in [5.41, 5.74) is 1.84. The molecule has 104 valence electrons. The molecule has 3 nitrogen and oxygen atoms in total. The van der Waals surface area contributed by atoms with Gasteiger partial charge in [0.2, 0.25) is 5.75 Å². The minimum Gasteiger partial charge on any atom is -0.504 e. The van der Waals surface area contributed by atoms with Gasteiger partial charge in [-0.25, -0.2) is 0 Å². The van der Waals surface area contributed by atoms with E-state index in [-0.39, 0.29) is 11.5 Å². The monoisotopic (exact) mass is 270 g/mol. The Morgan fingerprint density at radius 2 is 1.70 bits per heavy atom. The van der Waals surface area contributed by atoms with Gasteiger partial charge in [-0.05, 0) is 29.7 Å². The average molecular weight is 270 g/mol. The molecule has 2 rings (SSSR count). The molecule has 0 saturated carbocycles. The molecule has 0 spiro atoms. The number of phenolic OH excluding ortho intramolecular Hbond substituents is 2. The third kappa shape index (κ3) is 3.54. The first-order valence-electron chi connectivity index (χ1n) is 6.62. The van der Waals surface area contributed by atoms with Gasteiger partial charge in [0.05, 0.1) is 6.61 Å². The number of ether oxygens (including phenoxy) is 1. The lowest BCUT2D eigenvalue weighted by atomic mass is 10.1. The molecule has 0 aliphatic carbocycles. The van der Waals surface area contributed by atoms with Crippen molar-refractivity contribution in [2.45, 2.75) is 13.3 Å². The Labute approximate surface area is 118 Å². The molecule has 20 heavy (non-hydrogen) atoms. The highest BCUT2D eigenvalue weighted by Crippen LogP contribution is 2.37. The highest BCUT2D eigenvalue weighted by Gasteiger charge is 2.09. The SMILES string of the molecule is CCCOc1cc(C=Cc2ccccc2)cc(O)c1O. The number of phenols is 2. The van der Waals surface area contributed by atoms with E-state index >= 15 is 0 Å². The van der Waals surface area contributed by atoms with E-state index in [1.54, 1.807) is 6.07 Å². The van der Waals surface area contributed by atoms with Crippen molar-refractivity contribution in [2.24, 2.45) is 0 Å². The molecule has 0 aromatic heterocycles. The number of benzene rings is 2. The molecule has 2 aromatic carbocycles. The van der Waals surface area contributed by atoms with Gasteiger partial charge in [0.25, 0.3) is 0 Å². The summed E-state index contributed by atoms with van der Waals surface area (Å²) in [5, 5.41) is 19.4. The molecule has 0 amide bonds. The number of rotatable bonds is 5. The second-order valence-electron chi connectivity index (χ2n) is 4.48. The first kappa shape index (κ1) is 14.0. The fourth-order valence-corrected chi connectivity index (χ4v) is 1.79. The Bertz CT molecular complexity index is 589. The van der Waals surface area contributed by atoms with E-state index in [1.165, 1.54) is 6.07 Å². The molecule has 0 atom stereocenters. The van der Waals surface area contributed by atoms with Crippen LogP contribution in [0.15, 0.2) is 42.5 Å². The van der Waals surface area contributed by atoms with Gasteiger partial charge in [0.1, 0.15) is 0 Å². The molecular formula is C17H18O3. The van der Waals surface area contributed by atoms with Crippen LogP contribution in [0.25, 0.3) is 12.2 Å². The third-order valence-electron chi connectivity index (χ3n) is 2.81. The van der Waals surface area contributed by atoms with Gasteiger partial charge in [0.15, 0.2) is 11.5 Å². The van der Waals surface area contributed by atoms with Crippen molar-refractivity contribution in [2.75, 3.05) is 6.61 Å². The fourth-order valence-electron chi connectivity index (χ4n) is 1.79. The lowest BCUT2D eigenvalue weighted by molar-refractivity contribution is 0.292. The van der Waals surface area contributed by atoms with Gasteiger partial charge in [-0.1, -0.05) is 49.4 Å². The normalized spacial score (nSPS) is 10.8. The summed E-state index contributed by atoms with van der Waals surface area (Å²) < 4.78 is 5.42. The van der Waals surface area contributed by atoms with E-state index in [2.05, 4.69) is 0 Å². The zero-order chi connectivity index (χ0) is 14.4. The molecule has 3 heteroatoms. The molecule has 0 saturated heterocycles. The first-order chi connectivity index (χ1) is 9.70. The van der Waals surface area contributed by atoms with Crippen LogP contribution >= 0.6 is 0 Å². The summed E-state index contributed by atoms with van der Waals surface area (Å²) in [6, 6.07) is 13.1. The van der Waals surface area contributed by atoms with Crippen LogP contribution < -0.4 is 4.74 Å². The molecular weight excluding hydrogens is 252 g/mol. The van der Waals surface area contributed by atoms with Crippen molar-refractivity contribution in [3.63, 3.8) is 0 Å². The van der Waals surface area contributed by atoms with E-state index in [9.17, 15) is 10.2 Å². The topological polar surface area (TPSA) is 49.7 Å². The Morgan fingerprint density at radius 1 is 1.00 bits per heavy atom. The van der Waals surface area contributed by atoms with E-state index < -0.39 is 0 Å². The quantitative estimate of drug-likeness (QED) is 0.636. The third-order valence-corrected chi connectivity index (χ3v) is 2.81. The maximum Gasteiger partial charge on any atom is 0.200 e. The Kier molecular flexibility index (Phi) is 4.66. The number of aromatic hydroxyl groups is 2. The van der Waals surface area contributed by atoms with Crippen molar-refractivity contribution in [3.05, 3.63) is 53.6 Å². The number of hydrogen-bond donors (Lipinski definition) is 2. The van der Waals surface area contributed by atoms with Crippen molar-refractivity contribution >= 4 is 12.2 Å². The summed E-state index contributed by atoms with van der Waals surface area (Å²) in [6.45, 7) is 2.48. The van der Waals surface area contributed by atoms with Crippen LogP contribution in [0.3, 0.4) is 0 Å². The van der Waals surface area contributed by atoms with Crippen molar-refractivity contribution in [1.82, 2.24) is 0 Å². The van der Waals surface area contributed by atoms with Crippen LogP contribution in [-0.2, 0) is 0 Å². The zero-order valence-corrected chi connectivity index (χ0v) is 11.4. The molecule has 2 aromatic rings. The van der Waals surface area contributed by atoms with Crippen LogP contribution in [-0.4, -0.2) is 16.8 Å². The molecule has 0 unspecified atom stereocenters. The van der Waals surface area contributed by atoms with Gasteiger partial charge in [-0.15, -0.1) is 0 Å². The van der Waals surface area contributed by atoms with E-state index in [0.29, 0.717) is 12.4 Å². The summed E-state index contributed by atoms with van der Waals surface area (Å²) in [4.78, 5) is 0. The predicted molar refractivity (Wildman–Crippen MR) is 80.9 cm³/mol. The van der Waals surface area contributed by atoms with E-state index in [1.807, 2.05) is 49.4 Å². The Balaban J connectivity index is 2.24. The van der Waals surface area contributed by atoms with Gasteiger partial charge >= 0.3 is 0 Å². The standard InChI is InChI=1S/C17H18O3/c1-2-10-20-16-12-14(11-15(18)17(16)19)9-8-13-6-4-3-5-7-13/h3-9,11-12,18-19H,2,10H2,1H3. The van der Waals surface area contributed by atoms with Gasteiger partial charge < -0.3 is 14.9 Å². The Morgan fingerprint density at radius 3 is 2.40 bits per heavy atom. The maximum absolute atomic E-state index is 9.73. The second-order valence-corrected chi connectivity index (χ2v) is 4.48. The molecule has 0 aliphatic heterocycles. The van der Waals surface area contributed by atoms with Crippen LogP contribution in [0.5, 0.6) is 17.2 Å². The van der Waals surface area contributed by atoms with E-state index in [4.69, 9.17) is 4.74 Å². The minimum atomic E-state index is -0.213. The van der Waals surface area contributed by atoms with Gasteiger partial charge in [-0.3, -0.25) is 0 Å². The van der Waals surface area contributed by atoms with Crippen molar-refractivity contribution in [3.8, 4) is 17.2 Å². The van der Waals surface area contributed by atoms with Crippen molar-refractivity contribution in [1.29, 1.82) is 0 Å². The highest BCUT2D eigenvalue weighted by atomic mass is 16.5. The van der Waals surface area contributed by atoms with Crippen LogP contribution in [0.2, 0.25) is 0 Å². The lowest BCUT2D eigenvalue weighted by Gasteiger charge is -2.09. The molecule has 0 fully saturated rings. The summed E-state index contributed by atoms with van der Waals surface area (Å²) in [5.74, 6) is -0.0822. The average Bonchev–Trinajstić information content (AvgIpc) is 2.48. The fraction of sp³-hybridized carbons (Fsp3) is 0.176. The second kappa shape index (κ2) is 6.66. The lowest BCUT2D eigenvalue weighted by Crippen LogP contribution is -1.95. The van der Waals surface area contributed by atoms with Gasteiger partial charge in [-0.2, -0.15) is 0 Å². The summed E-state index contributed by atoms with van der Waals surface area (Å²) in [7, 11) is 0. The van der Waals surface area contributed by atoms with Crippen LogP contribution in [0.4, 0.5) is 0 Å². The van der Waals surface area contributed by atoms with Crippen molar-refractivity contribution < 1.29 is 14.9 Å². The highest BCUT2D eigenvalue weighted by molar-refractivity contribution is 5.72. The maximum atomic E-state index is 9.73. The zero-order valence-electron chi connectivity index (χ0n) is 11.4. The first-order valence-corrected chi connectivity index (χ1v) is 6.62. The predicted octanol–water partition coefficient (Wildman–Crippen LogP) is 4.06. The largest absolute Gasteiger partial charge is 0.504 e. The smallest absolute Gasteiger partial charge is 0.200 e. The molecule has 2 N–H and O–H groups in total. The summed E-state index contributed by atoms with van der Waals surface area (Å²) >= 11 is 0. The molecule has 0 bridgehead atoms. The van der Waals surface area contributed by atoms with Crippen LogP contribution in [0.1, 0.15) is 24.5 Å². The molecule has 0 aliphatic rings. The molecule has 0 radical (unpaired) electrons. The van der Waals surface area contributed by atoms with Gasteiger partial charge in [0, 0.05) is 0 Å². The minimum absolute atomic E-state index is 0.175. The van der Waals surface area contributed by atoms with Crippen LogP contribution in [0, 0.1) is 0 Å². The van der Waals surface area contributed by atoms with E-state index in [0.717, 1.165) is 17.5 Å². The molecule has 0 heterocycles. The number of hydrogen-bond acceptors (Lipinski definition) is 3.